The van der Waals surface area contributed by atoms with Crippen molar-refractivity contribution in [1.29, 1.82) is 0 Å². The van der Waals surface area contributed by atoms with Crippen molar-refractivity contribution >= 4 is 11.4 Å². The zero-order valence-corrected chi connectivity index (χ0v) is 13.6. The topological polar surface area (TPSA) is 34.0 Å². The predicted molar refractivity (Wildman–Crippen MR) is 91.4 cm³/mol. The highest BCUT2D eigenvalue weighted by Gasteiger charge is 2.01. The van der Waals surface area contributed by atoms with E-state index in [0.29, 0.717) is 6.61 Å². The van der Waals surface area contributed by atoms with Crippen molar-refractivity contribution in [1.82, 2.24) is 0 Å². The smallest absolute Gasteiger partial charge is 0.119 e. The Kier molecular flexibility index (Phi) is 6.13. The Balaban J connectivity index is 1.97. The Bertz CT molecular complexity index is 588. The molecule has 0 fully saturated rings. The zero-order valence-electron chi connectivity index (χ0n) is 13.6. The van der Waals surface area contributed by atoms with Gasteiger partial charge in [-0.25, -0.2) is 0 Å². The van der Waals surface area contributed by atoms with Crippen LogP contribution in [-0.4, -0.2) is 6.61 Å². The molecule has 2 rings (SSSR count). The van der Waals surface area contributed by atoms with E-state index in [0.717, 1.165) is 29.5 Å². The fourth-order valence-electron chi connectivity index (χ4n) is 2.14. The molecule has 0 aliphatic heterocycles. The predicted octanol–water partition coefficient (Wildman–Crippen LogP) is 6.09. The lowest BCUT2D eigenvalue weighted by Gasteiger charge is -2.07. The Morgan fingerprint density at radius 1 is 0.864 bits per heavy atom. The van der Waals surface area contributed by atoms with Crippen LogP contribution in [0.1, 0.15) is 32.8 Å². The van der Waals surface area contributed by atoms with Crippen molar-refractivity contribution in [3.8, 4) is 5.75 Å². The van der Waals surface area contributed by atoms with Crippen LogP contribution in [0.3, 0.4) is 0 Å². The second-order valence-electron chi connectivity index (χ2n) is 5.51. The monoisotopic (exact) mass is 296 g/mol. The van der Waals surface area contributed by atoms with Gasteiger partial charge in [-0.3, -0.25) is 0 Å². The first-order chi connectivity index (χ1) is 10.7. The lowest BCUT2D eigenvalue weighted by Crippen LogP contribution is -1.96. The summed E-state index contributed by atoms with van der Waals surface area (Å²) in [6, 6.07) is 16.0. The van der Waals surface area contributed by atoms with E-state index < -0.39 is 0 Å². The molecule has 0 bridgehead atoms. The first-order valence-electron chi connectivity index (χ1n) is 7.94. The largest absolute Gasteiger partial charge is 0.494 e. The maximum absolute atomic E-state index is 5.41. The zero-order chi connectivity index (χ0) is 15.8. The average Bonchev–Trinajstić information content (AvgIpc) is 2.56. The van der Waals surface area contributed by atoms with E-state index in [4.69, 9.17) is 4.74 Å². The molecule has 0 saturated heterocycles. The van der Waals surface area contributed by atoms with E-state index in [1.54, 1.807) is 0 Å². The molecule has 22 heavy (non-hydrogen) atoms. The van der Waals surface area contributed by atoms with Crippen LogP contribution in [0.4, 0.5) is 11.4 Å². The van der Waals surface area contributed by atoms with E-state index >= 15 is 0 Å². The van der Waals surface area contributed by atoms with E-state index in [1.807, 2.05) is 43.3 Å². The fourth-order valence-corrected chi connectivity index (χ4v) is 2.14. The highest BCUT2D eigenvalue weighted by atomic mass is 16.5. The Hall–Kier alpha value is -2.16. The maximum atomic E-state index is 5.41. The highest BCUT2D eigenvalue weighted by Crippen LogP contribution is 2.22. The van der Waals surface area contributed by atoms with Gasteiger partial charge in [0.2, 0.25) is 0 Å². The molecule has 0 N–H and O–H groups in total. The second-order valence-corrected chi connectivity index (χ2v) is 5.51. The summed E-state index contributed by atoms with van der Waals surface area (Å²) in [5.74, 6) is 1.58. The van der Waals surface area contributed by atoms with Crippen molar-refractivity contribution in [3.63, 3.8) is 0 Å². The van der Waals surface area contributed by atoms with Gasteiger partial charge >= 0.3 is 0 Å². The van der Waals surface area contributed by atoms with Crippen molar-refractivity contribution < 1.29 is 4.74 Å². The molecule has 0 aliphatic carbocycles. The molecule has 1 atom stereocenters. The van der Waals surface area contributed by atoms with Gasteiger partial charge in [0.05, 0.1) is 18.0 Å². The number of benzene rings is 2. The third kappa shape index (κ3) is 4.99. The van der Waals surface area contributed by atoms with E-state index in [1.165, 1.54) is 12.0 Å². The lowest BCUT2D eigenvalue weighted by molar-refractivity contribution is 0.340. The molecule has 0 saturated carbocycles. The van der Waals surface area contributed by atoms with Gasteiger partial charge < -0.3 is 4.74 Å². The third-order valence-corrected chi connectivity index (χ3v) is 3.65. The molecule has 2 aromatic carbocycles. The maximum Gasteiger partial charge on any atom is 0.119 e. The lowest BCUT2D eigenvalue weighted by atomic mass is 9.99. The van der Waals surface area contributed by atoms with Crippen LogP contribution in [0.5, 0.6) is 5.75 Å². The highest BCUT2D eigenvalue weighted by molar-refractivity contribution is 5.43. The summed E-state index contributed by atoms with van der Waals surface area (Å²) < 4.78 is 5.41. The molecule has 0 aromatic heterocycles. The van der Waals surface area contributed by atoms with E-state index in [-0.39, 0.29) is 0 Å². The van der Waals surface area contributed by atoms with Crippen LogP contribution in [-0.2, 0) is 6.42 Å². The average molecular weight is 296 g/mol. The Morgan fingerprint density at radius 2 is 1.41 bits per heavy atom. The summed E-state index contributed by atoms with van der Waals surface area (Å²) in [7, 11) is 0. The standard InChI is InChI=1S/C19H24N2O/c1-4-15(3)14-16-6-8-17(9-7-16)20-21-18-10-12-19(13-11-18)22-5-2/h6-13,15H,4-5,14H2,1-3H3/t15-/m0/s1. The number of azo groups is 1. The molecule has 116 valence electrons. The summed E-state index contributed by atoms with van der Waals surface area (Å²) in [5, 5.41) is 8.53. The van der Waals surface area contributed by atoms with Gasteiger partial charge in [0.25, 0.3) is 0 Å². The quantitative estimate of drug-likeness (QED) is 0.569. The minimum atomic E-state index is 0.670. The summed E-state index contributed by atoms with van der Waals surface area (Å²) in [6.45, 7) is 7.14. The van der Waals surface area contributed by atoms with Crippen molar-refractivity contribution in [3.05, 3.63) is 54.1 Å². The van der Waals surface area contributed by atoms with Gasteiger partial charge in [-0.1, -0.05) is 32.4 Å². The van der Waals surface area contributed by atoms with E-state index in [9.17, 15) is 0 Å². The van der Waals surface area contributed by atoms with Gasteiger partial charge in [0.1, 0.15) is 5.75 Å². The Labute approximate surface area is 133 Å². The molecule has 0 heterocycles. The van der Waals surface area contributed by atoms with Crippen LogP contribution in [0.15, 0.2) is 58.8 Å². The van der Waals surface area contributed by atoms with Gasteiger partial charge in [-0.2, -0.15) is 10.2 Å². The van der Waals surface area contributed by atoms with Crippen LogP contribution in [0.2, 0.25) is 0 Å². The summed E-state index contributed by atoms with van der Waals surface area (Å²) in [6.07, 6.45) is 2.33. The first kappa shape index (κ1) is 16.2. The molecular weight excluding hydrogens is 272 g/mol. The summed E-state index contributed by atoms with van der Waals surface area (Å²) >= 11 is 0. The summed E-state index contributed by atoms with van der Waals surface area (Å²) in [5.41, 5.74) is 3.06. The van der Waals surface area contributed by atoms with Crippen LogP contribution >= 0.6 is 0 Å². The minimum absolute atomic E-state index is 0.670. The van der Waals surface area contributed by atoms with Gasteiger partial charge in [0.15, 0.2) is 0 Å². The SMILES string of the molecule is CCOc1ccc(N=Nc2ccc(C[C@@H](C)CC)cc2)cc1. The number of rotatable bonds is 7. The molecule has 3 heteroatoms. The summed E-state index contributed by atoms with van der Waals surface area (Å²) in [4.78, 5) is 0. The van der Waals surface area contributed by atoms with Gasteiger partial charge in [-0.05, 0) is 61.2 Å². The van der Waals surface area contributed by atoms with Gasteiger partial charge in [0, 0.05) is 0 Å². The van der Waals surface area contributed by atoms with Crippen LogP contribution in [0, 0.1) is 5.92 Å². The number of hydrogen-bond acceptors (Lipinski definition) is 3. The third-order valence-electron chi connectivity index (χ3n) is 3.65. The molecule has 2 aromatic rings. The number of hydrogen-bond donors (Lipinski definition) is 0. The van der Waals surface area contributed by atoms with Crippen molar-refractivity contribution in [2.45, 2.75) is 33.6 Å². The molecule has 0 radical (unpaired) electrons. The molecule has 0 amide bonds. The number of nitrogens with zero attached hydrogens (tertiary/aromatic N) is 2. The minimum Gasteiger partial charge on any atom is -0.494 e. The van der Waals surface area contributed by atoms with Crippen molar-refractivity contribution in [2.24, 2.45) is 16.1 Å². The normalized spacial score (nSPS) is 12.5. The second kappa shape index (κ2) is 8.32. The van der Waals surface area contributed by atoms with E-state index in [2.05, 4.69) is 36.2 Å². The van der Waals surface area contributed by atoms with Gasteiger partial charge in [-0.15, -0.1) is 0 Å². The van der Waals surface area contributed by atoms with Crippen LogP contribution < -0.4 is 4.74 Å². The molecule has 0 aliphatic rings. The number of ether oxygens (including phenoxy) is 1. The fraction of sp³-hybridized carbons (Fsp3) is 0.368. The molecule has 3 nitrogen and oxygen atoms in total. The first-order valence-corrected chi connectivity index (χ1v) is 7.94. The molecule has 0 unspecified atom stereocenters. The van der Waals surface area contributed by atoms with Crippen LogP contribution in [0.25, 0.3) is 0 Å². The van der Waals surface area contributed by atoms with Crippen molar-refractivity contribution in [2.75, 3.05) is 6.61 Å². The Morgan fingerprint density at radius 3 is 1.91 bits per heavy atom. The molecular formula is C19H24N2O. The molecule has 0 spiro atoms.